The predicted octanol–water partition coefficient (Wildman–Crippen LogP) is 5.75. The van der Waals surface area contributed by atoms with Gasteiger partial charge in [0, 0.05) is 23.6 Å². The number of nitrogens with zero attached hydrogens (tertiary/aromatic N) is 1. The molecular weight excluding hydrogens is 374 g/mol. The number of ether oxygens (including phenoxy) is 1. The molecule has 2 unspecified atom stereocenters. The first-order valence-electron chi connectivity index (χ1n) is 11.0. The van der Waals surface area contributed by atoms with Gasteiger partial charge in [-0.2, -0.15) is 0 Å². The molecule has 2 aromatic rings. The highest BCUT2D eigenvalue weighted by molar-refractivity contribution is 5.98. The van der Waals surface area contributed by atoms with Crippen LogP contribution in [0.5, 0.6) is 0 Å². The lowest BCUT2D eigenvalue weighted by Crippen LogP contribution is -2.48. The van der Waals surface area contributed by atoms with Crippen molar-refractivity contribution in [3.63, 3.8) is 0 Å². The number of carbonyl (C=O) groups excluding carboxylic acids is 2. The summed E-state index contributed by atoms with van der Waals surface area (Å²) in [5.41, 5.74) is 2.98. The number of amides is 1. The summed E-state index contributed by atoms with van der Waals surface area (Å²) in [7, 11) is 0. The number of hydrogen-bond acceptors (Lipinski definition) is 3. The molecule has 0 spiro atoms. The molecule has 2 atom stereocenters. The van der Waals surface area contributed by atoms with Gasteiger partial charge >= 0.3 is 6.09 Å². The first-order chi connectivity index (χ1) is 14.3. The minimum absolute atomic E-state index is 0.0151. The van der Waals surface area contributed by atoms with Crippen LogP contribution in [0.4, 0.5) is 4.79 Å². The zero-order chi connectivity index (χ0) is 21.3. The van der Waals surface area contributed by atoms with Gasteiger partial charge in [0.25, 0.3) is 0 Å². The Kier molecular flexibility index (Phi) is 5.68. The van der Waals surface area contributed by atoms with Crippen LogP contribution in [-0.4, -0.2) is 28.9 Å². The third kappa shape index (κ3) is 4.28. The van der Waals surface area contributed by atoms with Crippen LogP contribution in [0.15, 0.2) is 54.6 Å². The number of benzene rings is 2. The lowest BCUT2D eigenvalue weighted by molar-refractivity contribution is 0.0485. The van der Waals surface area contributed by atoms with Crippen molar-refractivity contribution in [3.05, 3.63) is 71.3 Å². The van der Waals surface area contributed by atoms with Gasteiger partial charge in [-0.25, -0.2) is 4.79 Å². The molecule has 2 heterocycles. The normalized spacial score (nSPS) is 23.3. The summed E-state index contributed by atoms with van der Waals surface area (Å²) in [6, 6.07) is 18.0. The Morgan fingerprint density at radius 3 is 2.27 bits per heavy atom. The summed E-state index contributed by atoms with van der Waals surface area (Å²) in [5, 5.41) is 0. The van der Waals surface area contributed by atoms with Crippen molar-refractivity contribution in [2.24, 2.45) is 5.92 Å². The maximum atomic E-state index is 13.3. The maximum Gasteiger partial charge on any atom is 0.410 e. The average molecular weight is 406 g/mol. The minimum Gasteiger partial charge on any atom is -0.445 e. The van der Waals surface area contributed by atoms with Crippen molar-refractivity contribution >= 4 is 11.9 Å². The van der Waals surface area contributed by atoms with Gasteiger partial charge in [-0.1, -0.05) is 69.3 Å². The molecule has 4 rings (SSSR count). The monoisotopic (exact) mass is 405 g/mol. The summed E-state index contributed by atoms with van der Waals surface area (Å²) < 4.78 is 5.58. The van der Waals surface area contributed by atoms with Crippen LogP contribution < -0.4 is 0 Å². The van der Waals surface area contributed by atoms with Crippen molar-refractivity contribution in [2.45, 2.75) is 70.6 Å². The van der Waals surface area contributed by atoms with E-state index < -0.39 is 0 Å². The zero-order valence-corrected chi connectivity index (χ0v) is 18.1. The van der Waals surface area contributed by atoms with E-state index in [1.54, 1.807) is 0 Å². The number of rotatable bonds is 4. The first kappa shape index (κ1) is 20.6. The lowest BCUT2D eigenvalue weighted by Gasteiger charge is -2.37. The van der Waals surface area contributed by atoms with E-state index in [4.69, 9.17) is 4.74 Å². The highest BCUT2D eigenvalue weighted by Crippen LogP contribution is 2.40. The number of Topliss-reactive ketones (excluding diaryl/α,β-unsaturated/α-hetero) is 1. The van der Waals surface area contributed by atoms with E-state index in [0.717, 1.165) is 36.8 Å². The van der Waals surface area contributed by atoms with Gasteiger partial charge in [0.1, 0.15) is 6.61 Å². The summed E-state index contributed by atoms with van der Waals surface area (Å²) in [4.78, 5) is 27.9. The highest BCUT2D eigenvalue weighted by atomic mass is 16.6. The molecule has 30 heavy (non-hydrogen) atoms. The highest BCUT2D eigenvalue weighted by Gasteiger charge is 2.46. The van der Waals surface area contributed by atoms with Crippen LogP contribution in [0, 0.1) is 5.92 Å². The van der Waals surface area contributed by atoms with Crippen molar-refractivity contribution in [1.29, 1.82) is 0 Å². The predicted molar refractivity (Wildman–Crippen MR) is 117 cm³/mol. The molecule has 0 aromatic heterocycles. The molecular formula is C26H31NO3. The van der Waals surface area contributed by atoms with Gasteiger partial charge in [0.15, 0.2) is 5.78 Å². The third-order valence-electron chi connectivity index (χ3n) is 6.53. The standard InChI is InChI=1S/C26H31NO3/c1-26(2,3)21-11-7-10-19(14-21)24(28)20-15-22-12-13-23(16-20)27(22)25(29)30-17-18-8-5-4-6-9-18/h4-11,14,20,22-23H,12-13,15-17H2,1-3H3. The second kappa shape index (κ2) is 8.25. The van der Waals surface area contributed by atoms with Gasteiger partial charge < -0.3 is 9.64 Å². The number of piperidine rings is 1. The molecule has 2 aromatic carbocycles. The molecule has 158 valence electrons. The molecule has 4 heteroatoms. The Hall–Kier alpha value is -2.62. The van der Waals surface area contributed by atoms with E-state index in [0.29, 0.717) is 0 Å². The Morgan fingerprint density at radius 1 is 0.967 bits per heavy atom. The third-order valence-corrected chi connectivity index (χ3v) is 6.53. The summed E-state index contributed by atoms with van der Waals surface area (Å²) in [6.45, 7) is 6.78. The molecule has 0 aliphatic carbocycles. The molecule has 2 aliphatic rings. The molecule has 1 amide bonds. The quantitative estimate of drug-likeness (QED) is 0.609. The molecule has 2 bridgehead atoms. The number of ketones is 1. The zero-order valence-electron chi connectivity index (χ0n) is 18.1. The molecule has 2 fully saturated rings. The molecule has 2 saturated heterocycles. The Balaban J connectivity index is 1.41. The van der Waals surface area contributed by atoms with Crippen LogP contribution >= 0.6 is 0 Å². The van der Waals surface area contributed by atoms with Crippen molar-refractivity contribution in [3.8, 4) is 0 Å². The van der Waals surface area contributed by atoms with Crippen molar-refractivity contribution in [1.82, 2.24) is 4.90 Å². The second-order valence-electron chi connectivity index (χ2n) is 9.70. The smallest absolute Gasteiger partial charge is 0.410 e. The first-order valence-corrected chi connectivity index (χ1v) is 11.0. The van der Waals surface area contributed by atoms with Crippen LogP contribution in [0.3, 0.4) is 0 Å². The van der Waals surface area contributed by atoms with E-state index in [-0.39, 0.29) is 41.9 Å². The van der Waals surface area contributed by atoms with Gasteiger partial charge in [-0.3, -0.25) is 4.79 Å². The number of fused-ring (bicyclic) bond motifs is 2. The van der Waals surface area contributed by atoms with Gasteiger partial charge in [0.2, 0.25) is 0 Å². The Labute approximate surface area is 179 Å². The number of carbonyl (C=O) groups is 2. The topological polar surface area (TPSA) is 46.6 Å². The maximum absolute atomic E-state index is 13.3. The fourth-order valence-electron chi connectivity index (χ4n) is 4.86. The van der Waals surface area contributed by atoms with Crippen LogP contribution in [-0.2, 0) is 16.8 Å². The molecule has 0 N–H and O–H groups in total. The van der Waals surface area contributed by atoms with Crippen LogP contribution in [0.2, 0.25) is 0 Å². The van der Waals surface area contributed by atoms with Gasteiger partial charge in [-0.05, 0) is 48.3 Å². The summed E-state index contributed by atoms with van der Waals surface area (Å²) in [5.74, 6) is 0.200. The molecule has 4 nitrogen and oxygen atoms in total. The van der Waals surface area contributed by atoms with E-state index >= 15 is 0 Å². The fraction of sp³-hybridized carbons (Fsp3) is 0.462. The second-order valence-corrected chi connectivity index (χ2v) is 9.70. The average Bonchev–Trinajstić information content (AvgIpc) is 3.01. The molecule has 0 radical (unpaired) electrons. The Morgan fingerprint density at radius 2 is 1.63 bits per heavy atom. The molecule has 2 aliphatic heterocycles. The largest absolute Gasteiger partial charge is 0.445 e. The minimum atomic E-state index is -0.244. The molecule has 0 saturated carbocycles. The van der Waals surface area contributed by atoms with E-state index in [1.165, 1.54) is 5.56 Å². The lowest BCUT2D eigenvalue weighted by atomic mass is 9.82. The van der Waals surface area contributed by atoms with E-state index in [1.807, 2.05) is 53.4 Å². The van der Waals surface area contributed by atoms with Crippen LogP contribution in [0.1, 0.15) is 67.9 Å². The van der Waals surface area contributed by atoms with Crippen molar-refractivity contribution in [2.75, 3.05) is 0 Å². The fourth-order valence-corrected chi connectivity index (χ4v) is 4.86. The van der Waals surface area contributed by atoms with Crippen LogP contribution in [0.25, 0.3) is 0 Å². The summed E-state index contributed by atoms with van der Waals surface area (Å²) in [6.07, 6.45) is 3.13. The van der Waals surface area contributed by atoms with E-state index in [2.05, 4.69) is 26.8 Å². The van der Waals surface area contributed by atoms with Crippen molar-refractivity contribution < 1.29 is 14.3 Å². The Bertz CT molecular complexity index is 901. The van der Waals surface area contributed by atoms with Gasteiger partial charge in [-0.15, -0.1) is 0 Å². The van der Waals surface area contributed by atoms with E-state index in [9.17, 15) is 9.59 Å². The summed E-state index contributed by atoms with van der Waals surface area (Å²) >= 11 is 0. The van der Waals surface area contributed by atoms with Gasteiger partial charge in [0.05, 0.1) is 0 Å². The SMILES string of the molecule is CC(C)(C)c1cccc(C(=O)C2CC3CCC(C2)N3C(=O)OCc2ccccc2)c1. The number of hydrogen-bond donors (Lipinski definition) is 0.